The van der Waals surface area contributed by atoms with Crippen molar-refractivity contribution >= 4 is 27.4 Å². The number of hydrogen-bond donors (Lipinski definition) is 1. The zero-order valence-electron chi connectivity index (χ0n) is 13.0. The zero-order valence-corrected chi connectivity index (χ0v) is 13.8. The standard InChI is InChI=1S/C15H18N4O3S/c1-11-9-14(18(2)17-11)16-15(20)12-5-3-6-13(10-12)19-7-4-8-23(19,21)22/h3,5-6,9-10H,4,7-8H2,1-2H3,(H,16,20). The van der Waals surface area contributed by atoms with Gasteiger partial charge in [-0.3, -0.25) is 13.8 Å². The number of aromatic nitrogens is 2. The minimum atomic E-state index is -3.26. The van der Waals surface area contributed by atoms with Crippen LogP contribution in [-0.2, 0) is 17.1 Å². The molecular weight excluding hydrogens is 316 g/mol. The molecule has 2 aromatic rings. The molecule has 1 amide bonds. The smallest absolute Gasteiger partial charge is 0.256 e. The van der Waals surface area contributed by atoms with Gasteiger partial charge in [-0.1, -0.05) is 6.07 Å². The van der Waals surface area contributed by atoms with E-state index in [9.17, 15) is 13.2 Å². The van der Waals surface area contributed by atoms with Crippen molar-refractivity contribution in [2.45, 2.75) is 13.3 Å². The van der Waals surface area contributed by atoms with Crippen LogP contribution in [0.25, 0.3) is 0 Å². The summed E-state index contributed by atoms with van der Waals surface area (Å²) in [6.07, 6.45) is 0.604. The summed E-state index contributed by atoms with van der Waals surface area (Å²) in [7, 11) is -1.51. The van der Waals surface area contributed by atoms with E-state index >= 15 is 0 Å². The van der Waals surface area contributed by atoms with Crippen LogP contribution < -0.4 is 9.62 Å². The third-order valence-electron chi connectivity index (χ3n) is 3.74. The van der Waals surface area contributed by atoms with Gasteiger partial charge in [0.2, 0.25) is 10.0 Å². The first-order valence-electron chi connectivity index (χ1n) is 7.29. The summed E-state index contributed by atoms with van der Waals surface area (Å²) in [5.74, 6) is 0.440. The molecule has 1 saturated heterocycles. The Morgan fingerprint density at radius 1 is 1.30 bits per heavy atom. The molecular formula is C15H18N4O3S. The van der Waals surface area contributed by atoms with E-state index in [0.29, 0.717) is 30.0 Å². The van der Waals surface area contributed by atoms with E-state index in [2.05, 4.69) is 10.4 Å². The molecule has 0 saturated carbocycles. The van der Waals surface area contributed by atoms with Crippen molar-refractivity contribution in [2.24, 2.45) is 7.05 Å². The summed E-state index contributed by atoms with van der Waals surface area (Å²) in [4.78, 5) is 12.4. The van der Waals surface area contributed by atoms with Crippen molar-refractivity contribution in [3.63, 3.8) is 0 Å². The van der Waals surface area contributed by atoms with Gasteiger partial charge >= 0.3 is 0 Å². The van der Waals surface area contributed by atoms with Crippen molar-refractivity contribution in [1.29, 1.82) is 0 Å². The SMILES string of the molecule is Cc1cc(NC(=O)c2cccc(N3CCCS3(=O)=O)c2)n(C)n1. The Kier molecular flexibility index (Phi) is 3.85. The van der Waals surface area contributed by atoms with E-state index in [1.165, 1.54) is 4.31 Å². The number of amides is 1. The van der Waals surface area contributed by atoms with Gasteiger partial charge < -0.3 is 5.32 Å². The van der Waals surface area contributed by atoms with Crippen molar-refractivity contribution in [2.75, 3.05) is 21.9 Å². The average Bonchev–Trinajstić information content (AvgIpc) is 3.00. The molecule has 8 heteroatoms. The van der Waals surface area contributed by atoms with Crippen LogP contribution in [0, 0.1) is 6.92 Å². The summed E-state index contributed by atoms with van der Waals surface area (Å²) >= 11 is 0. The quantitative estimate of drug-likeness (QED) is 0.922. The minimum absolute atomic E-state index is 0.151. The fourth-order valence-corrected chi connectivity index (χ4v) is 4.20. The number of sulfonamides is 1. The minimum Gasteiger partial charge on any atom is -0.307 e. The van der Waals surface area contributed by atoms with E-state index < -0.39 is 10.0 Å². The van der Waals surface area contributed by atoms with Gasteiger partial charge in [0.05, 0.1) is 17.1 Å². The normalized spacial score (nSPS) is 16.5. The van der Waals surface area contributed by atoms with Gasteiger partial charge in [-0.05, 0) is 31.5 Å². The number of carbonyl (C=O) groups excluding carboxylic acids is 1. The molecule has 0 atom stereocenters. The zero-order chi connectivity index (χ0) is 16.6. The van der Waals surface area contributed by atoms with E-state index in [0.717, 1.165) is 5.69 Å². The Morgan fingerprint density at radius 2 is 2.09 bits per heavy atom. The summed E-state index contributed by atoms with van der Waals surface area (Å²) in [6, 6.07) is 8.42. The largest absolute Gasteiger partial charge is 0.307 e. The second-order valence-electron chi connectivity index (χ2n) is 5.54. The molecule has 0 bridgehead atoms. The van der Waals surface area contributed by atoms with Crippen molar-refractivity contribution in [1.82, 2.24) is 9.78 Å². The first kappa shape index (κ1) is 15.5. The fraction of sp³-hybridized carbons (Fsp3) is 0.333. The molecule has 1 aliphatic rings. The van der Waals surface area contributed by atoms with Crippen LogP contribution in [0.4, 0.5) is 11.5 Å². The number of nitrogens with one attached hydrogen (secondary N) is 1. The van der Waals surface area contributed by atoms with E-state index in [1.807, 2.05) is 6.92 Å². The maximum absolute atomic E-state index is 12.4. The maximum atomic E-state index is 12.4. The monoisotopic (exact) mass is 334 g/mol. The van der Waals surface area contributed by atoms with Gasteiger partial charge in [0.15, 0.2) is 0 Å². The Balaban J connectivity index is 1.85. The molecule has 0 spiro atoms. The molecule has 0 aliphatic carbocycles. The molecule has 7 nitrogen and oxygen atoms in total. The molecule has 1 aromatic heterocycles. The van der Waals surface area contributed by atoms with E-state index in [-0.39, 0.29) is 11.7 Å². The molecule has 1 fully saturated rings. The molecule has 0 radical (unpaired) electrons. The summed E-state index contributed by atoms with van der Waals surface area (Å²) in [5.41, 5.74) is 1.74. The maximum Gasteiger partial charge on any atom is 0.256 e. The number of anilines is 2. The van der Waals surface area contributed by atoms with E-state index in [1.54, 1.807) is 42.1 Å². The number of hydrogen-bond acceptors (Lipinski definition) is 4. The van der Waals surface area contributed by atoms with E-state index in [4.69, 9.17) is 0 Å². The topological polar surface area (TPSA) is 84.3 Å². The third-order valence-corrected chi connectivity index (χ3v) is 5.61. The van der Waals surface area contributed by atoms with Crippen LogP contribution in [0.1, 0.15) is 22.5 Å². The summed E-state index contributed by atoms with van der Waals surface area (Å²) < 4.78 is 26.9. The fourth-order valence-electron chi connectivity index (χ4n) is 2.65. The molecule has 1 aromatic carbocycles. The lowest BCUT2D eigenvalue weighted by Gasteiger charge is -2.17. The highest BCUT2D eigenvalue weighted by Crippen LogP contribution is 2.25. The van der Waals surface area contributed by atoms with Crippen LogP contribution in [0.15, 0.2) is 30.3 Å². The molecule has 3 rings (SSSR count). The molecule has 122 valence electrons. The van der Waals surface area contributed by atoms with Gasteiger partial charge in [0.25, 0.3) is 5.91 Å². The van der Waals surface area contributed by atoms with Crippen molar-refractivity contribution in [3.05, 3.63) is 41.6 Å². The number of aryl methyl sites for hydroxylation is 2. The number of rotatable bonds is 3. The number of benzene rings is 1. The molecule has 1 N–H and O–H groups in total. The Hall–Kier alpha value is -2.35. The van der Waals surface area contributed by atoms with Crippen LogP contribution in [0.5, 0.6) is 0 Å². The van der Waals surface area contributed by atoms with Gasteiger partial charge in [-0.25, -0.2) is 8.42 Å². The van der Waals surface area contributed by atoms with Crippen molar-refractivity contribution in [3.8, 4) is 0 Å². The third kappa shape index (κ3) is 3.07. The summed E-state index contributed by atoms with van der Waals surface area (Å²) in [5, 5.41) is 6.95. The van der Waals surface area contributed by atoms with Crippen LogP contribution in [0.2, 0.25) is 0 Å². The second kappa shape index (κ2) is 5.69. The Morgan fingerprint density at radius 3 is 2.70 bits per heavy atom. The number of carbonyl (C=O) groups is 1. The predicted octanol–water partition coefficient (Wildman–Crippen LogP) is 1.52. The molecule has 1 aliphatic heterocycles. The first-order valence-corrected chi connectivity index (χ1v) is 8.90. The van der Waals surface area contributed by atoms with Crippen LogP contribution >= 0.6 is 0 Å². The first-order chi connectivity index (χ1) is 10.9. The van der Waals surface area contributed by atoms with Gasteiger partial charge in [0.1, 0.15) is 5.82 Å². The average molecular weight is 334 g/mol. The predicted molar refractivity (Wildman–Crippen MR) is 88.1 cm³/mol. The number of nitrogens with zero attached hydrogens (tertiary/aromatic N) is 3. The molecule has 0 unspecified atom stereocenters. The summed E-state index contributed by atoms with van der Waals surface area (Å²) in [6.45, 7) is 2.29. The lowest BCUT2D eigenvalue weighted by molar-refractivity contribution is 0.102. The lowest BCUT2D eigenvalue weighted by Crippen LogP contribution is -2.25. The highest BCUT2D eigenvalue weighted by molar-refractivity contribution is 7.93. The van der Waals surface area contributed by atoms with Gasteiger partial charge in [-0.2, -0.15) is 5.10 Å². The molecule has 23 heavy (non-hydrogen) atoms. The Bertz CT molecular complexity index is 857. The molecule has 2 heterocycles. The van der Waals surface area contributed by atoms with Crippen molar-refractivity contribution < 1.29 is 13.2 Å². The highest BCUT2D eigenvalue weighted by Gasteiger charge is 2.28. The Labute approximate surface area is 135 Å². The van der Waals surface area contributed by atoms with Gasteiger partial charge in [0, 0.05) is 25.2 Å². The van der Waals surface area contributed by atoms with Crippen LogP contribution in [-0.4, -0.2) is 36.4 Å². The highest BCUT2D eigenvalue weighted by atomic mass is 32.2. The van der Waals surface area contributed by atoms with Gasteiger partial charge in [-0.15, -0.1) is 0 Å². The second-order valence-corrected chi connectivity index (χ2v) is 7.55. The lowest BCUT2D eigenvalue weighted by atomic mass is 10.2. The van der Waals surface area contributed by atoms with Crippen LogP contribution in [0.3, 0.4) is 0 Å².